The van der Waals surface area contributed by atoms with Crippen molar-refractivity contribution in [1.29, 1.82) is 0 Å². The number of aromatic nitrogens is 2. The second-order valence-corrected chi connectivity index (χ2v) is 9.57. The van der Waals surface area contributed by atoms with Gasteiger partial charge >= 0.3 is 11.9 Å². The van der Waals surface area contributed by atoms with E-state index in [0.717, 1.165) is 22.9 Å². The van der Waals surface area contributed by atoms with Crippen molar-refractivity contribution in [1.82, 2.24) is 8.96 Å². The topological polar surface area (TPSA) is 139 Å². The molecule has 0 saturated carbocycles. The number of nitrogens with one attached hydrogen (secondary N) is 1. The molecular formula is C27H25N3O6S. The quantitative estimate of drug-likeness (QED) is 0.308. The highest BCUT2D eigenvalue weighted by molar-refractivity contribution is 7.90. The van der Waals surface area contributed by atoms with Crippen LogP contribution in [-0.4, -0.2) is 52.3 Å². The maximum Gasteiger partial charge on any atom is 0.335 e. The second-order valence-electron chi connectivity index (χ2n) is 7.68. The van der Waals surface area contributed by atoms with Crippen LogP contribution < -0.4 is 5.32 Å². The number of benzene rings is 2. The Balaban J connectivity index is 0.000000266. The van der Waals surface area contributed by atoms with Crippen LogP contribution in [0.4, 0.5) is 5.69 Å². The van der Waals surface area contributed by atoms with Gasteiger partial charge in [-0.15, -0.1) is 0 Å². The summed E-state index contributed by atoms with van der Waals surface area (Å²) in [4.78, 5) is 24.8. The number of carbonyl (C=O) groups is 2. The number of aromatic carboxylic acids is 2. The lowest BCUT2D eigenvalue weighted by atomic mass is 10.1. The van der Waals surface area contributed by atoms with Crippen LogP contribution in [0.25, 0.3) is 17.3 Å². The van der Waals surface area contributed by atoms with Crippen LogP contribution in [0, 0.1) is 0 Å². The van der Waals surface area contributed by atoms with Crippen molar-refractivity contribution in [3.63, 3.8) is 0 Å². The molecule has 9 nitrogen and oxygen atoms in total. The van der Waals surface area contributed by atoms with Crippen molar-refractivity contribution in [3.05, 3.63) is 114 Å². The molecule has 2 aromatic carbocycles. The Labute approximate surface area is 214 Å². The van der Waals surface area contributed by atoms with Gasteiger partial charge in [-0.05, 0) is 41.5 Å². The number of anilines is 1. The first kappa shape index (κ1) is 26.9. The van der Waals surface area contributed by atoms with E-state index in [1.807, 2.05) is 48.5 Å². The Bertz CT molecular complexity index is 1470. The maximum absolute atomic E-state index is 12.8. The summed E-state index contributed by atoms with van der Waals surface area (Å²) in [6.45, 7) is 0. The van der Waals surface area contributed by atoms with Crippen LogP contribution in [0.1, 0.15) is 26.3 Å². The number of nitrogens with zero attached hydrogens (tertiary/aromatic N) is 2. The first-order chi connectivity index (χ1) is 17.7. The summed E-state index contributed by atoms with van der Waals surface area (Å²) in [5, 5.41) is 20.0. The fourth-order valence-electron chi connectivity index (χ4n) is 3.28. The van der Waals surface area contributed by atoms with Crippen LogP contribution in [0.15, 0.2) is 97.5 Å². The molecule has 0 radical (unpaired) electrons. The summed E-state index contributed by atoms with van der Waals surface area (Å²) in [6, 6.07) is 20.2. The van der Waals surface area contributed by atoms with Gasteiger partial charge in [-0.2, -0.15) is 0 Å². The molecule has 0 fully saturated rings. The molecule has 0 aliphatic heterocycles. The average Bonchev–Trinajstić information content (AvgIpc) is 3.36. The van der Waals surface area contributed by atoms with Crippen LogP contribution in [0.3, 0.4) is 0 Å². The van der Waals surface area contributed by atoms with E-state index in [1.165, 1.54) is 22.2 Å². The smallest absolute Gasteiger partial charge is 0.335 e. The maximum atomic E-state index is 12.8. The Morgan fingerprint density at radius 2 is 1.62 bits per heavy atom. The number of hydrogen-bond donors (Lipinski definition) is 3. The molecule has 2 aromatic heterocycles. The van der Waals surface area contributed by atoms with Crippen molar-refractivity contribution in [2.24, 2.45) is 0 Å². The number of carboxylic acids is 2. The number of rotatable bonds is 8. The Morgan fingerprint density at radius 1 is 0.946 bits per heavy atom. The van der Waals surface area contributed by atoms with Crippen molar-refractivity contribution in [3.8, 4) is 11.3 Å². The molecule has 0 saturated heterocycles. The van der Waals surface area contributed by atoms with Gasteiger partial charge in [0.05, 0.1) is 28.3 Å². The van der Waals surface area contributed by atoms with E-state index < -0.39 is 22.0 Å². The van der Waals surface area contributed by atoms with Gasteiger partial charge in [0.15, 0.2) is 0 Å². The van der Waals surface area contributed by atoms with E-state index in [0.29, 0.717) is 5.69 Å². The molecule has 0 unspecified atom stereocenters. The monoisotopic (exact) mass is 519 g/mol. The fourth-order valence-corrected chi connectivity index (χ4v) is 4.51. The highest BCUT2D eigenvalue weighted by Gasteiger charge is 2.18. The lowest BCUT2D eigenvalue weighted by Crippen LogP contribution is -2.15. The normalized spacial score (nSPS) is 10.9. The van der Waals surface area contributed by atoms with Crippen molar-refractivity contribution < 1.29 is 28.2 Å². The van der Waals surface area contributed by atoms with Gasteiger partial charge in [-0.25, -0.2) is 22.0 Å². The minimum absolute atomic E-state index is 0.0186. The molecule has 4 rings (SSSR count). The molecule has 37 heavy (non-hydrogen) atoms. The molecule has 0 bridgehead atoms. The van der Waals surface area contributed by atoms with E-state index in [2.05, 4.69) is 10.3 Å². The molecule has 0 atom stereocenters. The van der Waals surface area contributed by atoms with Gasteiger partial charge in [-0.1, -0.05) is 54.6 Å². The summed E-state index contributed by atoms with van der Waals surface area (Å²) in [6.07, 6.45) is 8.37. The Hall–Kier alpha value is -4.70. The van der Waals surface area contributed by atoms with Gasteiger partial charge < -0.3 is 15.5 Å². The first-order valence-corrected chi connectivity index (χ1v) is 12.6. The van der Waals surface area contributed by atoms with E-state index in [-0.39, 0.29) is 16.9 Å². The third-order valence-corrected chi connectivity index (χ3v) is 6.62. The van der Waals surface area contributed by atoms with Crippen molar-refractivity contribution in [2.45, 2.75) is 0 Å². The second kappa shape index (κ2) is 12.3. The van der Waals surface area contributed by atoms with Gasteiger partial charge in [-0.3, -0.25) is 4.98 Å². The standard InChI is InChI=1S/C19H19N3O2S.C8H6O4/c1-20-18-13-19(17-9-3-2-4-10-17)22(15-18)25(23,24)12-6-8-16-7-5-11-21-14-16;9-7(10)5-2-1-3-6(4-5)8(11)12/h2-11,13-15,20H,12H2,1H3;1-4H,(H,9,10)(H,11,12). The molecule has 4 aromatic rings. The van der Waals surface area contributed by atoms with Gasteiger partial charge in [0.1, 0.15) is 0 Å². The summed E-state index contributed by atoms with van der Waals surface area (Å²) < 4.78 is 27.0. The molecular weight excluding hydrogens is 494 g/mol. The summed E-state index contributed by atoms with van der Waals surface area (Å²) in [7, 11) is -1.76. The van der Waals surface area contributed by atoms with Crippen molar-refractivity contribution in [2.75, 3.05) is 18.1 Å². The van der Waals surface area contributed by atoms with E-state index in [9.17, 15) is 18.0 Å². The van der Waals surface area contributed by atoms with Crippen LogP contribution in [0.5, 0.6) is 0 Å². The molecule has 0 amide bonds. The zero-order chi connectivity index (χ0) is 26.8. The summed E-state index contributed by atoms with van der Waals surface area (Å²) >= 11 is 0. The summed E-state index contributed by atoms with van der Waals surface area (Å²) in [5.74, 6) is -2.35. The van der Waals surface area contributed by atoms with Crippen LogP contribution in [0.2, 0.25) is 0 Å². The van der Waals surface area contributed by atoms with Crippen LogP contribution in [-0.2, 0) is 10.0 Å². The molecule has 190 valence electrons. The van der Waals surface area contributed by atoms with E-state index in [4.69, 9.17) is 10.2 Å². The Kier molecular flexibility index (Phi) is 8.95. The lowest BCUT2D eigenvalue weighted by Gasteiger charge is -2.08. The minimum atomic E-state index is -3.53. The number of pyridine rings is 1. The third kappa shape index (κ3) is 7.39. The predicted molar refractivity (Wildman–Crippen MR) is 142 cm³/mol. The van der Waals surface area contributed by atoms with Crippen LogP contribution >= 0.6 is 0 Å². The summed E-state index contributed by atoms with van der Waals surface area (Å²) in [5.41, 5.74) is 3.07. The van der Waals surface area contributed by atoms with E-state index >= 15 is 0 Å². The SMILES string of the molecule is CNc1cc(-c2ccccc2)n(S(=O)(=O)CC=Cc2cccnc2)c1.O=C(O)c1cccc(C(=O)O)c1. The zero-order valence-electron chi connectivity index (χ0n) is 19.9. The van der Waals surface area contributed by atoms with Gasteiger partial charge in [0.25, 0.3) is 0 Å². The lowest BCUT2D eigenvalue weighted by molar-refractivity contribution is 0.0696. The molecule has 0 aliphatic rings. The highest BCUT2D eigenvalue weighted by Crippen LogP contribution is 2.26. The van der Waals surface area contributed by atoms with E-state index in [1.54, 1.807) is 37.8 Å². The average molecular weight is 520 g/mol. The highest BCUT2D eigenvalue weighted by atomic mass is 32.2. The molecule has 10 heteroatoms. The van der Waals surface area contributed by atoms with Gasteiger partial charge in [0, 0.05) is 25.6 Å². The molecule has 2 heterocycles. The zero-order valence-corrected chi connectivity index (χ0v) is 20.7. The molecule has 3 N–H and O–H groups in total. The third-order valence-electron chi connectivity index (χ3n) is 5.10. The molecule has 0 aliphatic carbocycles. The number of carboxylic acid groups (broad SMARTS) is 2. The predicted octanol–water partition coefficient (Wildman–Crippen LogP) is 4.57. The van der Waals surface area contributed by atoms with Crippen molar-refractivity contribution >= 4 is 33.7 Å². The molecule has 0 spiro atoms. The Morgan fingerprint density at radius 3 is 2.19 bits per heavy atom. The number of hydrogen-bond acceptors (Lipinski definition) is 6. The fraction of sp³-hybridized carbons (Fsp3) is 0.0741. The largest absolute Gasteiger partial charge is 0.478 e. The first-order valence-electron chi connectivity index (χ1n) is 11.0. The minimum Gasteiger partial charge on any atom is -0.478 e. The van der Waals surface area contributed by atoms with Gasteiger partial charge in [0.2, 0.25) is 10.0 Å².